The lowest BCUT2D eigenvalue weighted by Gasteiger charge is -2.19. The molecule has 0 fully saturated rings. The van der Waals surface area contributed by atoms with Crippen LogP contribution in [-0.4, -0.2) is 6.54 Å². The molecule has 0 spiro atoms. The van der Waals surface area contributed by atoms with Gasteiger partial charge in [-0.3, -0.25) is 0 Å². The molecular formula is C16H19F2NS. The Morgan fingerprint density at radius 3 is 2.45 bits per heavy atom. The van der Waals surface area contributed by atoms with Gasteiger partial charge >= 0.3 is 0 Å². The van der Waals surface area contributed by atoms with E-state index in [1.165, 1.54) is 27.5 Å². The Morgan fingerprint density at radius 1 is 1.15 bits per heavy atom. The Hall–Kier alpha value is -1.26. The van der Waals surface area contributed by atoms with Crippen molar-refractivity contribution >= 4 is 11.3 Å². The van der Waals surface area contributed by atoms with Gasteiger partial charge in [0.15, 0.2) is 11.6 Å². The van der Waals surface area contributed by atoms with E-state index < -0.39 is 11.6 Å². The zero-order chi connectivity index (χ0) is 14.7. The number of aryl methyl sites for hydroxylation is 2. The van der Waals surface area contributed by atoms with Crippen LogP contribution in [0.3, 0.4) is 0 Å². The predicted octanol–water partition coefficient (Wildman–Crippen LogP) is 4.73. The minimum atomic E-state index is -0.804. The molecule has 0 aliphatic rings. The van der Waals surface area contributed by atoms with Crippen LogP contribution in [0.15, 0.2) is 24.3 Å². The highest BCUT2D eigenvalue weighted by molar-refractivity contribution is 7.12. The molecule has 1 unspecified atom stereocenters. The molecule has 2 rings (SSSR count). The van der Waals surface area contributed by atoms with Crippen molar-refractivity contribution in [1.82, 2.24) is 5.32 Å². The van der Waals surface area contributed by atoms with Crippen LogP contribution in [0.4, 0.5) is 8.78 Å². The van der Waals surface area contributed by atoms with Gasteiger partial charge in [0.25, 0.3) is 0 Å². The van der Waals surface area contributed by atoms with Crippen molar-refractivity contribution in [1.29, 1.82) is 0 Å². The molecule has 1 aromatic heterocycles. The highest BCUT2D eigenvalue weighted by Gasteiger charge is 2.19. The maximum absolute atomic E-state index is 13.5. The summed E-state index contributed by atoms with van der Waals surface area (Å²) in [5.74, 6) is -1.60. The highest BCUT2D eigenvalue weighted by atomic mass is 32.1. The van der Waals surface area contributed by atoms with Gasteiger partial charge in [-0.25, -0.2) is 8.78 Å². The maximum atomic E-state index is 13.5. The zero-order valence-electron chi connectivity index (χ0n) is 12.0. The smallest absolute Gasteiger partial charge is 0.159 e. The van der Waals surface area contributed by atoms with Gasteiger partial charge < -0.3 is 5.32 Å². The van der Waals surface area contributed by atoms with E-state index in [1.54, 1.807) is 17.4 Å². The molecule has 0 aliphatic carbocycles. The zero-order valence-corrected chi connectivity index (χ0v) is 12.8. The number of halogens is 2. The summed E-state index contributed by atoms with van der Waals surface area (Å²) in [5.41, 5.74) is 1.95. The average molecular weight is 295 g/mol. The minimum Gasteiger partial charge on any atom is -0.306 e. The van der Waals surface area contributed by atoms with Crippen molar-refractivity contribution in [3.63, 3.8) is 0 Å². The fraction of sp³-hybridized carbons (Fsp3) is 0.375. The average Bonchev–Trinajstić information content (AvgIpc) is 2.73. The van der Waals surface area contributed by atoms with E-state index in [-0.39, 0.29) is 6.04 Å². The largest absolute Gasteiger partial charge is 0.306 e. The Kier molecular flexibility index (Phi) is 4.89. The third kappa shape index (κ3) is 3.25. The van der Waals surface area contributed by atoms with E-state index in [2.05, 4.69) is 32.2 Å². The van der Waals surface area contributed by atoms with Crippen molar-refractivity contribution in [2.75, 3.05) is 6.54 Å². The van der Waals surface area contributed by atoms with Gasteiger partial charge in [-0.2, -0.15) is 0 Å². The minimum absolute atomic E-state index is 0.0799. The van der Waals surface area contributed by atoms with Crippen LogP contribution >= 0.6 is 11.3 Å². The molecule has 108 valence electrons. The van der Waals surface area contributed by atoms with Crippen molar-refractivity contribution < 1.29 is 8.78 Å². The Balaban J connectivity index is 2.41. The van der Waals surface area contributed by atoms with Gasteiger partial charge in [0.2, 0.25) is 0 Å². The topological polar surface area (TPSA) is 12.0 Å². The third-order valence-corrected chi connectivity index (χ3v) is 4.43. The first-order valence-corrected chi connectivity index (χ1v) is 7.59. The molecule has 0 amide bonds. The first-order valence-electron chi connectivity index (χ1n) is 6.78. The second-order valence-corrected chi connectivity index (χ2v) is 6.25. The monoisotopic (exact) mass is 295 g/mol. The van der Waals surface area contributed by atoms with Gasteiger partial charge in [-0.1, -0.05) is 13.0 Å². The summed E-state index contributed by atoms with van der Waals surface area (Å²) in [6.45, 7) is 7.03. The molecule has 20 heavy (non-hydrogen) atoms. The summed E-state index contributed by atoms with van der Waals surface area (Å²) in [4.78, 5) is 2.39. The van der Waals surface area contributed by atoms with E-state index in [0.717, 1.165) is 18.5 Å². The van der Waals surface area contributed by atoms with Crippen molar-refractivity contribution in [3.8, 4) is 0 Å². The number of rotatable bonds is 5. The van der Waals surface area contributed by atoms with E-state index >= 15 is 0 Å². The van der Waals surface area contributed by atoms with Crippen LogP contribution < -0.4 is 5.32 Å². The maximum Gasteiger partial charge on any atom is 0.159 e. The lowest BCUT2D eigenvalue weighted by molar-refractivity contribution is 0.503. The molecule has 0 bridgehead atoms. The van der Waals surface area contributed by atoms with Crippen LogP contribution in [0.2, 0.25) is 0 Å². The molecule has 0 saturated carbocycles. The van der Waals surface area contributed by atoms with Gasteiger partial charge in [-0.05, 0) is 56.1 Å². The molecule has 1 aromatic carbocycles. The second kappa shape index (κ2) is 6.46. The number of nitrogens with one attached hydrogen (secondary N) is 1. The molecular weight excluding hydrogens is 276 g/mol. The summed E-state index contributed by atoms with van der Waals surface area (Å²) in [6, 6.07) is 6.18. The van der Waals surface area contributed by atoms with Gasteiger partial charge in [0, 0.05) is 9.75 Å². The number of hydrogen-bond acceptors (Lipinski definition) is 2. The summed E-state index contributed by atoms with van der Waals surface area (Å²) >= 11 is 1.70. The molecule has 1 N–H and O–H groups in total. The fourth-order valence-corrected chi connectivity index (χ4v) is 3.43. The molecule has 0 saturated heterocycles. The van der Waals surface area contributed by atoms with Crippen LogP contribution in [-0.2, 0) is 0 Å². The lowest BCUT2D eigenvalue weighted by Crippen LogP contribution is -2.23. The van der Waals surface area contributed by atoms with E-state index in [9.17, 15) is 8.78 Å². The van der Waals surface area contributed by atoms with Crippen molar-refractivity contribution in [3.05, 3.63) is 56.8 Å². The Bertz CT molecular complexity index is 592. The number of benzene rings is 1. The number of thiophene rings is 1. The molecule has 0 aliphatic heterocycles. The first kappa shape index (κ1) is 15.1. The van der Waals surface area contributed by atoms with E-state index in [0.29, 0.717) is 0 Å². The van der Waals surface area contributed by atoms with Gasteiger partial charge in [-0.15, -0.1) is 11.3 Å². The highest BCUT2D eigenvalue weighted by Crippen LogP contribution is 2.32. The van der Waals surface area contributed by atoms with E-state index in [4.69, 9.17) is 0 Å². The van der Waals surface area contributed by atoms with Crippen molar-refractivity contribution in [2.45, 2.75) is 33.2 Å². The van der Waals surface area contributed by atoms with Crippen LogP contribution in [0.5, 0.6) is 0 Å². The van der Waals surface area contributed by atoms with Crippen LogP contribution in [0.25, 0.3) is 0 Å². The predicted molar refractivity (Wildman–Crippen MR) is 80.3 cm³/mol. The molecule has 1 atom stereocenters. The molecule has 1 nitrogen and oxygen atoms in total. The quantitative estimate of drug-likeness (QED) is 0.840. The van der Waals surface area contributed by atoms with Gasteiger partial charge in [0.05, 0.1) is 6.04 Å². The molecule has 2 aromatic rings. The Labute approximate surface area is 122 Å². The third-order valence-electron chi connectivity index (χ3n) is 3.22. The second-order valence-electron chi connectivity index (χ2n) is 4.96. The van der Waals surface area contributed by atoms with Crippen molar-refractivity contribution in [2.24, 2.45) is 0 Å². The summed E-state index contributed by atoms with van der Waals surface area (Å²) in [5, 5.41) is 3.42. The van der Waals surface area contributed by atoms with Crippen LogP contribution in [0, 0.1) is 25.5 Å². The number of hydrogen-bond donors (Lipinski definition) is 1. The van der Waals surface area contributed by atoms with Gasteiger partial charge in [0.1, 0.15) is 0 Å². The van der Waals surface area contributed by atoms with Crippen LogP contribution in [0.1, 0.15) is 40.3 Å². The Morgan fingerprint density at radius 2 is 1.90 bits per heavy atom. The first-order chi connectivity index (χ1) is 9.52. The summed E-state index contributed by atoms with van der Waals surface area (Å²) < 4.78 is 26.6. The lowest BCUT2D eigenvalue weighted by atomic mass is 10.0. The summed E-state index contributed by atoms with van der Waals surface area (Å²) in [7, 11) is 0. The fourth-order valence-electron chi connectivity index (χ4n) is 2.29. The normalized spacial score (nSPS) is 12.7. The van der Waals surface area contributed by atoms with E-state index in [1.807, 2.05) is 0 Å². The standard InChI is InChI=1S/C16H19F2NS/c1-4-7-19-15(16-10(2)8-11(3)20-16)12-5-6-13(17)14(18)9-12/h5-6,8-9,15,19H,4,7H2,1-3H3. The molecule has 1 heterocycles. The summed E-state index contributed by atoms with van der Waals surface area (Å²) in [6.07, 6.45) is 0.990. The molecule has 4 heteroatoms. The SMILES string of the molecule is CCCNC(c1ccc(F)c(F)c1)c1sc(C)cc1C. The molecule has 0 radical (unpaired) electrons.